The molecule has 1 aliphatic heterocycles. The van der Waals surface area contributed by atoms with Gasteiger partial charge in [-0.1, -0.05) is 0 Å². The van der Waals surface area contributed by atoms with E-state index < -0.39 is 31.0 Å². The number of imidazole rings is 1. The fourth-order valence-corrected chi connectivity index (χ4v) is 2.21. The number of methoxy groups -OCH3 is 1. The first-order valence-electron chi connectivity index (χ1n) is 6.03. The van der Waals surface area contributed by atoms with Crippen molar-refractivity contribution in [3.63, 3.8) is 0 Å². The van der Waals surface area contributed by atoms with E-state index in [-0.39, 0.29) is 11.7 Å². The van der Waals surface area contributed by atoms with E-state index in [2.05, 4.69) is 19.9 Å². The van der Waals surface area contributed by atoms with Crippen molar-refractivity contribution in [2.75, 3.05) is 13.7 Å². The Bertz CT molecular complexity index is 618. The molecule has 0 spiro atoms. The highest BCUT2D eigenvalue weighted by Gasteiger charge is 2.44. The highest BCUT2D eigenvalue weighted by atomic mass is 16.6. The maximum absolute atomic E-state index is 9.97. The fraction of sp³-hybridized carbons (Fsp3) is 0.545. The molecule has 0 radical (unpaired) electrons. The van der Waals surface area contributed by atoms with E-state index in [1.807, 2.05) is 0 Å². The number of aliphatic hydroxyl groups is 3. The molecule has 0 amide bonds. The predicted octanol–water partition coefficient (Wildman–Crippen LogP) is -1.48. The molecule has 1 fully saturated rings. The standard InChI is InChI=1S/C11H14N4O5/c1-19-11-5-9(13-3-12-5)14-10(15-11)8-7(18)6(17)4(2-16)20-8/h3-4,6-8,16-18H,2H2,1H3,(H,12,13,14,15)/t4-,6-,7+,8?/m1/s1. The molecule has 1 saturated heterocycles. The summed E-state index contributed by atoms with van der Waals surface area (Å²) in [4.78, 5) is 15.2. The Labute approximate surface area is 113 Å². The Kier molecular flexibility index (Phi) is 3.26. The molecule has 0 aliphatic carbocycles. The number of nitrogens with one attached hydrogen (secondary N) is 1. The predicted molar refractivity (Wildman–Crippen MR) is 64.9 cm³/mol. The minimum absolute atomic E-state index is 0.154. The number of rotatable bonds is 3. The Morgan fingerprint density at radius 2 is 2.15 bits per heavy atom. The van der Waals surface area contributed by atoms with Crippen molar-refractivity contribution in [1.82, 2.24) is 19.9 Å². The second-order valence-corrected chi connectivity index (χ2v) is 4.45. The van der Waals surface area contributed by atoms with Gasteiger partial charge in [-0.2, -0.15) is 4.98 Å². The number of aromatic nitrogens is 4. The molecule has 2 aromatic heterocycles. The normalized spacial score (nSPS) is 30.0. The number of nitrogens with zero attached hydrogens (tertiary/aromatic N) is 3. The van der Waals surface area contributed by atoms with E-state index in [9.17, 15) is 10.2 Å². The van der Waals surface area contributed by atoms with Crippen molar-refractivity contribution >= 4 is 11.2 Å². The lowest BCUT2D eigenvalue weighted by Crippen LogP contribution is -2.32. The zero-order valence-electron chi connectivity index (χ0n) is 10.6. The van der Waals surface area contributed by atoms with Crippen molar-refractivity contribution in [2.45, 2.75) is 24.4 Å². The molecule has 0 bridgehead atoms. The lowest BCUT2D eigenvalue weighted by atomic mass is 10.1. The average Bonchev–Trinajstić information content (AvgIpc) is 3.04. The van der Waals surface area contributed by atoms with Gasteiger partial charge in [-0.25, -0.2) is 9.97 Å². The van der Waals surface area contributed by atoms with E-state index in [0.29, 0.717) is 11.2 Å². The summed E-state index contributed by atoms with van der Waals surface area (Å²) in [6.07, 6.45) is -2.79. The van der Waals surface area contributed by atoms with Crippen LogP contribution in [0.4, 0.5) is 0 Å². The SMILES string of the molecule is COc1nc(C2O[C@H](CO)[C@@H](O)[C@@H]2O)nc2[nH]cnc12. The number of hydrogen-bond donors (Lipinski definition) is 4. The lowest BCUT2D eigenvalue weighted by molar-refractivity contribution is -0.0253. The number of H-pyrrole nitrogens is 1. The summed E-state index contributed by atoms with van der Waals surface area (Å²) >= 11 is 0. The van der Waals surface area contributed by atoms with E-state index in [0.717, 1.165) is 0 Å². The van der Waals surface area contributed by atoms with Gasteiger partial charge < -0.3 is 29.8 Å². The van der Waals surface area contributed by atoms with E-state index in [1.165, 1.54) is 13.4 Å². The van der Waals surface area contributed by atoms with Crippen LogP contribution in [0.2, 0.25) is 0 Å². The molecular weight excluding hydrogens is 268 g/mol. The summed E-state index contributed by atoms with van der Waals surface area (Å²) in [5, 5.41) is 28.8. The van der Waals surface area contributed by atoms with Crippen molar-refractivity contribution in [2.24, 2.45) is 0 Å². The molecule has 4 N–H and O–H groups in total. The summed E-state index contributed by atoms with van der Waals surface area (Å²) in [7, 11) is 1.44. The molecule has 108 valence electrons. The topological polar surface area (TPSA) is 134 Å². The summed E-state index contributed by atoms with van der Waals surface area (Å²) in [5.74, 6) is 0.394. The van der Waals surface area contributed by atoms with Gasteiger partial charge >= 0.3 is 0 Å². The minimum atomic E-state index is -1.22. The lowest BCUT2D eigenvalue weighted by Gasteiger charge is -2.13. The van der Waals surface area contributed by atoms with Crippen LogP contribution in [-0.4, -0.2) is 67.3 Å². The van der Waals surface area contributed by atoms with Crippen LogP contribution in [0.1, 0.15) is 11.9 Å². The molecule has 3 heterocycles. The van der Waals surface area contributed by atoms with Crippen LogP contribution in [0.3, 0.4) is 0 Å². The minimum Gasteiger partial charge on any atom is -0.479 e. The van der Waals surface area contributed by atoms with Crippen molar-refractivity contribution in [3.05, 3.63) is 12.2 Å². The van der Waals surface area contributed by atoms with E-state index >= 15 is 0 Å². The Morgan fingerprint density at radius 3 is 2.80 bits per heavy atom. The molecule has 20 heavy (non-hydrogen) atoms. The Hall–Kier alpha value is -1.81. The van der Waals surface area contributed by atoms with Crippen molar-refractivity contribution < 1.29 is 24.8 Å². The fourth-order valence-electron chi connectivity index (χ4n) is 2.21. The molecule has 1 aliphatic rings. The zero-order valence-corrected chi connectivity index (χ0v) is 10.6. The first-order chi connectivity index (χ1) is 9.65. The van der Waals surface area contributed by atoms with Crippen LogP contribution in [0.5, 0.6) is 5.88 Å². The Balaban J connectivity index is 2.02. The van der Waals surface area contributed by atoms with Crippen LogP contribution >= 0.6 is 0 Å². The summed E-state index contributed by atoms with van der Waals surface area (Å²) in [6.45, 7) is -0.405. The number of ether oxygens (including phenoxy) is 2. The third kappa shape index (κ3) is 1.91. The van der Waals surface area contributed by atoms with Gasteiger partial charge in [-0.05, 0) is 0 Å². The van der Waals surface area contributed by atoms with Crippen molar-refractivity contribution in [3.8, 4) is 5.88 Å². The first-order valence-corrected chi connectivity index (χ1v) is 6.03. The van der Waals surface area contributed by atoms with Gasteiger partial charge in [0.05, 0.1) is 20.0 Å². The third-order valence-electron chi connectivity index (χ3n) is 3.25. The second kappa shape index (κ2) is 4.94. The monoisotopic (exact) mass is 282 g/mol. The molecular formula is C11H14N4O5. The Morgan fingerprint density at radius 1 is 1.35 bits per heavy atom. The first kappa shape index (κ1) is 13.2. The van der Waals surface area contributed by atoms with Gasteiger partial charge in [-0.3, -0.25) is 0 Å². The molecule has 2 aromatic rings. The number of aliphatic hydroxyl groups excluding tert-OH is 3. The van der Waals surface area contributed by atoms with Crippen molar-refractivity contribution in [1.29, 1.82) is 0 Å². The molecule has 0 aromatic carbocycles. The van der Waals surface area contributed by atoms with Crippen LogP contribution in [-0.2, 0) is 4.74 Å². The highest BCUT2D eigenvalue weighted by Crippen LogP contribution is 2.33. The van der Waals surface area contributed by atoms with E-state index in [1.54, 1.807) is 0 Å². The zero-order chi connectivity index (χ0) is 14.3. The maximum atomic E-state index is 9.97. The molecule has 9 heteroatoms. The van der Waals surface area contributed by atoms with Gasteiger partial charge in [0.25, 0.3) is 0 Å². The third-order valence-corrected chi connectivity index (χ3v) is 3.25. The maximum Gasteiger partial charge on any atom is 0.245 e. The smallest absolute Gasteiger partial charge is 0.245 e. The van der Waals surface area contributed by atoms with Gasteiger partial charge in [0.2, 0.25) is 5.88 Å². The molecule has 9 nitrogen and oxygen atoms in total. The quantitative estimate of drug-likeness (QED) is 0.535. The summed E-state index contributed by atoms with van der Waals surface area (Å²) < 4.78 is 10.5. The average molecular weight is 282 g/mol. The number of fused-ring (bicyclic) bond motifs is 1. The molecule has 4 atom stereocenters. The van der Waals surface area contributed by atoms with Crippen LogP contribution < -0.4 is 4.74 Å². The van der Waals surface area contributed by atoms with Gasteiger partial charge in [0.15, 0.2) is 17.0 Å². The molecule has 1 unspecified atom stereocenters. The molecule has 3 rings (SSSR count). The highest BCUT2D eigenvalue weighted by molar-refractivity contribution is 5.75. The summed E-state index contributed by atoms with van der Waals surface area (Å²) in [6, 6.07) is 0. The largest absolute Gasteiger partial charge is 0.479 e. The molecule has 0 saturated carbocycles. The van der Waals surface area contributed by atoms with Gasteiger partial charge in [0, 0.05) is 0 Å². The number of hydrogen-bond acceptors (Lipinski definition) is 8. The van der Waals surface area contributed by atoms with Crippen LogP contribution in [0, 0.1) is 0 Å². The van der Waals surface area contributed by atoms with Gasteiger partial charge in [-0.15, -0.1) is 0 Å². The summed E-state index contributed by atoms with van der Waals surface area (Å²) in [5.41, 5.74) is 0.896. The van der Waals surface area contributed by atoms with Gasteiger partial charge in [0.1, 0.15) is 24.4 Å². The number of aromatic amines is 1. The van der Waals surface area contributed by atoms with Crippen LogP contribution in [0.25, 0.3) is 11.2 Å². The van der Waals surface area contributed by atoms with Crippen LogP contribution in [0.15, 0.2) is 6.33 Å². The van der Waals surface area contributed by atoms with E-state index in [4.69, 9.17) is 14.6 Å². The second-order valence-electron chi connectivity index (χ2n) is 4.45.